The molecule has 0 aliphatic heterocycles. The lowest BCUT2D eigenvalue weighted by Gasteiger charge is -2.20. The lowest BCUT2D eigenvalue weighted by atomic mass is 10.1. The van der Waals surface area contributed by atoms with Crippen LogP contribution in [0, 0.1) is 6.92 Å². The van der Waals surface area contributed by atoms with E-state index in [2.05, 4.69) is 15.9 Å². The van der Waals surface area contributed by atoms with Crippen molar-refractivity contribution in [3.8, 4) is 5.75 Å². The van der Waals surface area contributed by atoms with Crippen molar-refractivity contribution in [2.24, 2.45) is 0 Å². The Kier molecular flexibility index (Phi) is 5.00. The van der Waals surface area contributed by atoms with Gasteiger partial charge >= 0.3 is 0 Å². The molecule has 0 saturated carbocycles. The van der Waals surface area contributed by atoms with Crippen LogP contribution in [0.1, 0.15) is 18.1 Å². The molecule has 17 heavy (non-hydrogen) atoms. The molecule has 94 valence electrons. The first kappa shape index (κ1) is 14.0. The minimum Gasteiger partial charge on any atom is -0.496 e. The summed E-state index contributed by atoms with van der Waals surface area (Å²) in [5, 5.41) is 0. The van der Waals surface area contributed by atoms with Crippen LogP contribution >= 0.6 is 15.9 Å². The summed E-state index contributed by atoms with van der Waals surface area (Å²) < 4.78 is 5.29. The SMILES string of the molecule is COc1ccc(C)cc1CN(C)C(=O)C(C)Br. The van der Waals surface area contributed by atoms with Gasteiger partial charge in [-0.15, -0.1) is 0 Å². The third kappa shape index (κ3) is 3.73. The first-order valence-corrected chi connectivity index (χ1v) is 6.40. The molecule has 0 N–H and O–H groups in total. The summed E-state index contributed by atoms with van der Waals surface area (Å²) in [5.41, 5.74) is 2.19. The Morgan fingerprint density at radius 1 is 1.53 bits per heavy atom. The standard InChI is InChI=1S/C13H18BrNO2/c1-9-5-6-12(17-4)11(7-9)8-15(3)13(16)10(2)14/h5-7,10H,8H2,1-4H3. The number of halogens is 1. The molecule has 0 spiro atoms. The normalized spacial score (nSPS) is 12.1. The smallest absolute Gasteiger partial charge is 0.236 e. The van der Waals surface area contributed by atoms with Gasteiger partial charge in [0.05, 0.1) is 11.9 Å². The summed E-state index contributed by atoms with van der Waals surface area (Å²) in [4.78, 5) is 13.3. The molecule has 0 aromatic heterocycles. The van der Waals surface area contributed by atoms with Crippen molar-refractivity contribution < 1.29 is 9.53 Å². The number of benzene rings is 1. The first-order valence-electron chi connectivity index (χ1n) is 5.48. The number of hydrogen-bond donors (Lipinski definition) is 0. The van der Waals surface area contributed by atoms with Gasteiger partial charge in [-0.1, -0.05) is 33.6 Å². The zero-order valence-corrected chi connectivity index (χ0v) is 12.2. The fourth-order valence-corrected chi connectivity index (χ4v) is 2.02. The van der Waals surface area contributed by atoms with E-state index < -0.39 is 0 Å². The molecule has 0 fully saturated rings. The van der Waals surface area contributed by atoms with Crippen LogP contribution in [-0.4, -0.2) is 29.8 Å². The van der Waals surface area contributed by atoms with Gasteiger partial charge in [0.15, 0.2) is 0 Å². The highest BCUT2D eigenvalue weighted by molar-refractivity contribution is 9.10. The van der Waals surface area contributed by atoms with Crippen LogP contribution in [0.25, 0.3) is 0 Å². The van der Waals surface area contributed by atoms with Crippen LogP contribution in [0.15, 0.2) is 18.2 Å². The van der Waals surface area contributed by atoms with E-state index in [1.54, 1.807) is 19.1 Å². The highest BCUT2D eigenvalue weighted by Gasteiger charge is 2.16. The quantitative estimate of drug-likeness (QED) is 0.800. The van der Waals surface area contributed by atoms with E-state index in [-0.39, 0.29) is 10.7 Å². The Balaban J connectivity index is 2.87. The van der Waals surface area contributed by atoms with Gasteiger partial charge in [0.1, 0.15) is 5.75 Å². The number of rotatable bonds is 4. The number of amides is 1. The Morgan fingerprint density at radius 2 is 2.18 bits per heavy atom. The number of methoxy groups -OCH3 is 1. The topological polar surface area (TPSA) is 29.5 Å². The highest BCUT2D eigenvalue weighted by atomic mass is 79.9. The Labute approximate surface area is 111 Å². The number of carbonyl (C=O) groups excluding carboxylic acids is 1. The molecule has 1 aromatic rings. The number of carbonyl (C=O) groups is 1. The number of alkyl halides is 1. The highest BCUT2D eigenvalue weighted by Crippen LogP contribution is 2.21. The lowest BCUT2D eigenvalue weighted by molar-refractivity contribution is -0.129. The molecule has 0 saturated heterocycles. The van der Waals surface area contributed by atoms with Gasteiger partial charge in [-0.05, 0) is 19.9 Å². The molecular weight excluding hydrogens is 282 g/mol. The average Bonchev–Trinajstić information content (AvgIpc) is 2.28. The minimum atomic E-state index is -0.164. The van der Waals surface area contributed by atoms with Gasteiger partial charge in [0.25, 0.3) is 0 Å². The predicted molar refractivity (Wildman–Crippen MR) is 72.6 cm³/mol. The van der Waals surface area contributed by atoms with Crippen molar-refractivity contribution in [2.75, 3.05) is 14.2 Å². The molecule has 3 nitrogen and oxygen atoms in total. The fraction of sp³-hybridized carbons (Fsp3) is 0.462. The molecule has 0 aliphatic carbocycles. The number of ether oxygens (including phenoxy) is 1. The van der Waals surface area contributed by atoms with Crippen molar-refractivity contribution in [1.29, 1.82) is 0 Å². The van der Waals surface area contributed by atoms with Gasteiger partial charge < -0.3 is 9.64 Å². The van der Waals surface area contributed by atoms with Gasteiger partial charge in [-0.2, -0.15) is 0 Å². The van der Waals surface area contributed by atoms with Crippen molar-refractivity contribution in [2.45, 2.75) is 25.2 Å². The summed E-state index contributed by atoms with van der Waals surface area (Å²) >= 11 is 3.28. The van der Waals surface area contributed by atoms with E-state index in [0.717, 1.165) is 16.9 Å². The summed E-state index contributed by atoms with van der Waals surface area (Å²) in [5.74, 6) is 0.881. The third-order valence-corrected chi connectivity index (χ3v) is 2.95. The van der Waals surface area contributed by atoms with Crippen LogP contribution in [0.4, 0.5) is 0 Å². The lowest BCUT2D eigenvalue weighted by Crippen LogP contribution is -2.31. The second-order valence-electron chi connectivity index (χ2n) is 4.13. The van der Waals surface area contributed by atoms with Gasteiger partial charge in [-0.25, -0.2) is 0 Å². The maximum absolute atomic E-state index is 11.8. The second kappa shape index (κ2) is 6.05. The maximum Gasteiger partial charge on any atom is 0.236 e. The largest absolute Gasteiger partial charge is 0.496 e. The molecule has 0 aliphatic rings. The predicted octanol–water partition coefficient (Wildman–Crippen LogP) is 2.75. The molecule has 1 atom stereocenters. The molecule has 0 bridgehead atoms. The van der Waals surface area contributed by atoms with Gasteiger partial charge in [-0.3, -0.25) is 4.79 Å². The van der Waals surface area contributed by atoms with Crippen LogP contribution in [0.2, 0.25) is 0 Å². The zero-order chi connectivity index (χ0) is 13.0. The van der Waals surface area contributed by atoms with Crippen LogP contribution in [-0.2, 0) is 11.3 Å². The first-order chi connectivity index (χ1) is 7.95. The average molecular weight is 300 g/mol. The fourth-order valence-electron chi connectivity index (χ4n) is 1.67. The van der Waals surface area contributed by atoms with E-state index in [0.29, 0.717) is 6.54 Å². The molecule has 1 rings (SSSR count). The summed E-state index contributed by atoms with van der Waals surface area (Å²) in [6.45, 7) is 4.41. The van der Waals surface area contributed by atoms with Crippen molar-refractivity contribution in [1.82, 2.24) is 4.90 Å². The van der Waals surface area contributed by atoms with Crippen LogP contribution in [0.3, 0.4) is 0 Å². The third-order valence-electron chi connectivity index (χ3n) is 2.56. The Bertz CT molecular complexity index is 404. The summed E-state index contributed by atoms with van der Waals surface area (Å²) in [7, 11) is 3.44. The number of aryl methyl sites for hydroxylation is 1. The summed E-state index contributed by atoms with van der Waals surface area (Å²) in [6, 6.07) is 5.97. The Morgan fingerprint density at radius 3 is 2.71 bits per heavy atom. The van der Waals surface area contributed by atoms with E-state index in [9.17, 15) is 4.79 Å². The molecule has 1 amide bonds. The molecular formula is C13H18BrNO2. The van der Waals surface area contributed by atoms with Crippen LogP contribution < -0.4 is 4.74 Å². The molecule has 1 aromatic carbocycles. The maximum atomic E-state index is 11.8. The van der Waals surface area contributed by atoms with E-state index in [4.69, 9.17) is 4.74 Å². The van der Waals surface area contributed by atoms with Crippen molar-refractivity contribution in [3.05, 3.63) is 29.3 Å². The Hall–Kier alpha value is -1.03. The van der Waals surface area contributed by atoms with E-state index in [1.165, 1.54) is 0 Å². The number of hydrogen-bond acceptors (Lipinski definition) is 2. The van der Waals surface area contributed by atoms with Gasteiger partial charge in [0.2, 0.25) is 5.91 Å². The van der Waals surface area contributed by atoms with Crippen LogP contribution in [0.5, 0.6) is 5.75 Å². The zero-order valence-electron chi connectivity index (χ0n) is 10.7. The van der Waals surface area contributed by atoms with Crippen molar-refractivity contribution >= 4 is 21.8 Å². The summed E-state index contributed by atoms with van der Waals surface area (Å²) in [6.07, 6.45) is 0. The van der Waals surface area contributed by atoms with Gasteiger partial charge in [0, 0.05) is 19.2 Å². The monoisotopic (exact) mass is 299 g/mol. The minimum absolute atomic E-state index is 0.0635. The van der Waals surface area contributed by atoms with E-state index >= 15 is 0 Å². The second-order valence-corrected chi connectivity index (χ2v) is 5.50. The molecule has 4 heteroatoms. The van der Waals surface area contributed by atoms with E-state index in [1.807, 2.05) is 32.0 Å². The number of nitrogens with zero attached hydrogens (tertiary/aromatic N) is 1. The van der Waals surface area contributed by atoms with Crippen molar-refractivity contribution in [3.63, 3.8) is 0 Å². The molecule has 0 heterocycles. The molecule has 0 radical (unpaired) electrons. The molecule has 1 unspecified atom stereocenters.